The van der Waals surface area contributed by atoms with Crippen LogP contribution in [0, 0.1) is 13.8 Å². The van der Waals surface area contributed by atoms with Gasteiger partial charge in [0, 0.05) is 28.6 Å². The van der Waals surface area contributed by atoms with E-state index in [0.29, 0.717) is 28.4 Å². The van der Waals surface area contributed by atoms with Gasteiger partial charge < -0.3 is 18.3 Å². The molecule has 2 heterocycles. The zero-order chi connectivity index (χ0) is 20.5. The van der Waals surface area contributed by atoms with E-state index in [0.717, 1.165) is 21.9 Å². The lowest BCUT2D eigenvalue weighted by Gasteiger charge is -2.07. The van der Waals surface area contributed by atoms with Crippen LogP contribution in [0.15, 0.2) is 56.1 Å². The van der Waals surface area contributed by atoms with Crippen LogP contribution in [0.3, 0.4) is 0 Å². The van der Waals surface area contributed by atoms with E-state index in [1.165, 1.54) is 6.07 Å². The second-order valence-electron chi connectivity index (χ2n) is 6.76. The summed E-state index contributed by atoms with van der Waals surface area (Å²) in [6.45, 7) is 3.75. The number of hydrogen-bond acceptors (Lipinski definition) is 6. The number of furan rings is 1. The van der Waals surface area contributed by atoms with E-state index in [9.17, 15) is 9.59 Å². The lowest BCUT2D eigenvalue weighted by Crippen LogP contribution is -2.13. The van der Waals surface area contributed by atoms with Gasteiger partial charge in [-0.15, -0.1) is 0 Å². The minimum absolute atomic E-state index is 0.0372. The summed E-state index contributed by atoms with van der Waals surface area (Å²) >= 11 is 0. The summed E-state index contributed by atoms with van der Waals surface area (Å²) in [6.07, 6.45) is -0.650. The van der Waals surface area contributed by atoms with Crippen molar-refractivity contribution in [3.63, 3.8) is 0 Å². The van der Waals surface area contributed by atoms with Gasteiger partial charge in [-0.05, 0) is 55.3 Å². The number of carbonyl (C=O) groups is 1. The minimum atomic E-state index is -0.650. The lowest BCUT2D eigenvalue weighted by molar-refractivity contribution is 0.147. The summed E-state index contributed by atoms with van der Waals surface area (Å²) in [5.74, 6) is 1.13. The highest BCUT2D eigenvalue weighted by Gasteiger charge is 2.12. The highest BCUT2D eigenvalue weighted by Crippen LogP contribution is 2.30. The number of hydrogen-bond donors (Lipinski definition) is 1. The van der Waals surface area contributed by atoms with E-state index in [-0.39, 0.29) is 6.61 Å². The molecule has 2 aromatic heterocycles. The van der Waals surface area contributed by atoms with Gasteiger partial charge in [0.25, 0.3) is 0 Å². The average molecular weight is 393 g/mol. The summed E-state index contributed by atoms with van der Waals surface area (Å²) in [7, 11) is 1.58. The quantitative estimate of drug-likeness (QED) is 0.495. The average Bonchev–Trinajstić information content (AvgIpc) is 3.08. The van der Waals surface area contributed by atoms with Crippen molar-refractivity contribution >= 4 is 33.7 Å². The van der Waals surface area contributed by atoms with Crippen molar-refractivity contribution in [2.45, 2.75) is 20.5 Å². The van der Waals surface area contributed by atoms with Crippen molar-refractivity contribution in [2.24, 2.45) is 0 Å². The van der Waals surface area contributed by atoms with Gasteiger partial charge in [-0.25, -0.2) is 9.59 Å². The Labute approximate surface area is 165 Å². The van der Waals surface area contributed by atoms with Crippen molar-refractivity contribution in [1.82, 2.24) is 0 Å². The lowest BCUT2D eigenvalue weighted by atomic mass is 10.1. The SMILES string of the molecule is COc1cc(C)cc2cc(COC(=O)Nc3ccc4c(C)cc(=O)oc4c3)oc12. The minimum Gasteiger partial charge on any atom is -0.493 e. The highest BCUT2D eigenvalue weighted by atomic mass is 16.6. The van der Waals surface area contributed by atoms with Crippen LogP contribution in [0.5, 0.6) is 5.75 Å². The Bertz CT molecular complexity index is 1280. The molecule has 7 heteroatoms. The van der Waals surface area contributed by atoms with Crippen molar-refractivity contribution in [3.8, 4) is 5.75 Å². The van der Waals surface area contributed by atoms with E-state index in [4.69, 9.17) is 18.3 Å². The molecule has 0 saturated heterocycles. The molecule has 0 aliphatic heterocycles. The van der Waals surface area contributed by atoms with E-state index in [1.54, 1.807) is 25.3 Å². The van der Waals surface area contributed by atoms with Crippen LogP contribution >= 0.6 is 0 Å². The number of ether oxygens (including phenoxy) is 2. The predicted octanol–water partition coefficient (Wildman–Crippen LogP) is 4.91. The van der Waals surface area contributed by atoms with Gasteiger partial charge in [0.2, 0.25) is 0 Å². The second-order valence-corrected chi connectivity index (χ2v) is 6.76. The van der Waals surface area contributed by atoms with E-state index in [2.05, 4.69) is 5.32 Å². The molecule has 0 saturated carbocycles. The van der Waals surface area contributed by atoms with Crippen LogP contribution in [0.1, 0.15) is 16.9 Å². The van der Waals surface area contributed by atoms with Gasteiger partial charge >= 0.3 is 11.7 Å². The zero-order valence-electron chi connectivity index (χ0n) is 16.2. The fourth-order valence-corrected chi connectivity index (χ4v) is 3.23. The Morgan fingerprint density at radius 3 is 2.69 bits per heavy atom. The number of benzene rings is 2. The summed E-state index contributed by atoms with van der Waals surface area (Å²) in [5.41, 5.74) is 2.87. The van der Waals surface area contributed by atoms with Gasteiger partial charge in [0.05, 0.1) is 7.11 Å². The third kappa shape index (κ3) is 3.80. The maximum Gasteiger partial charge on any atom is 0.412 e. The second kappa shape index (κ2) is 7.35. The molecule has 0 aliphatic carbocycles. The molecular formula is C22H19NO6. The first-order valence-electron chi connectivity index (χ1n) is 8.98. The first kappa shape index (κ1) is 18.6. The topological polar surface area (TPSA) is 90.9 Å². The van der Waals surface area contributed by atoms with Crippen molar-refractivity contribution in [1.29, 1.82) is 0 Å². The summed E-state index contributed by atoms with van der Waals surface area (Å²) in [4.78, 5) is 23.7. The molecule has 4 rings (SSSR count). The van der Waals surface area contributed by atoms with Gasteiger partial charge in [0.15, 0.2) is 17.9 Å². The molecule has 2 aromatic carbocycles. The first-order valence-corrected chi connectivity index (χ1v) is 8.98. The Balaban J connectivity index is 1.47. The van der Waals surface area contributed by atoms with Crippen molar-refractivity contribution < 1.29 is 23.1 Å². The molecule has 0 radical (unpaired) electrons. The van der Waals surface area contributed by atoms with E-state index in [1.807, 2.05) is 32.0 Å². The molecule has 0 atom stereocenters. The summed E-state index contributed by atoms with van der Waals surface area (Å²) in [6, 6.07) is 12.2. The van der Waals surface area contributed by atoms with Crippen molar-refractivity contribution in [3.05, 3.63) is 69.8 Å². The van der Waals surface area contributed by atoms with Crippen LogP contribution in [0.4, 0.5) is 10.5 Å². The predicted molar refractivity (Wildman–Crippen MR) is 109 cm³/mol. The number of anilines is 1. The number of methoxy groups -OCH3 is 1. The smallest absolute Gasteiger partial charge is 0.412 e. The molecule has 0 unspecified atom stereocenters. The van der Waals surface area contributed by atoms with E-state index >= 15 is 0 Å². The molecule has 4 aromatic rings. The third-order valence-electron chi connectivity index (χ3n) is 4.54. The molecule has 0 fully saturated rings. The molecule has 0 spiro atoms. The zero-order valence-corrected chi connectivity index (χ0v) is 16.2. The van der Waals surface area contributed by atoms with Crippen molar-refractivity contribution in [2.75, 3.05) is 12.4 Å². The van der Waals surface area contributed by atoms with Gasteiger partial charge in [-0.1, -0.05) is 0 Å². The van der Waals surface area contributed by atoms with E-state index < -0.39 is 11.7 Å². The number of amides is 1. The molecule has 29 heavy (non-hydrogen) atoms. The number of fused-ring (bicyclic) bond motifs is 2. The standard InChI is InChI=1S/C22H19NO6/c1-12-6-14-9-16(28-21(14)19(7-12)26-3)11-27-22(25)23-15-4-5-17-13(2)8-20(24)29-18(17)10-15/h4-10H,11H2,1-3H3,(H,23,25). The van der Waals surface area contributed by atoms with Crippen LogP contribution in [-0.2, 0) is 11.3 Å². The van der Waals surface area contributed by atoms with Crippen LogP contribution in [0.25, 0.3) is 21.9 Å². The molecule has 7 nitrogen and oxygen atoms in total. The summed E-state index contributed by atoms with van der Waals surface area (Å²) in [5, 5.41) is 4.30. The molecule has 148 valence electrons. The monoisotopic (exact) mass is 393 g/mol. The third-order valence-corrected chi connectivity index (χ3v) is 4.54. The van der Waals surface area contributed by atoms with Gasteiger partial charge in [-0.3, -0.25) is 5.32 Å². The summed E-state index contributed by atoms with van der Waals surface area (Å²) < 4.78 is 21.5. The Kier molecular flexibility index (Phi) is 4.72. The fraction of sp³-hybridized carbons (Fsp3) is 0.182. The molecule has 0 aliphatic rings. The van der Waals surface area contributed by atoms with Crippen LogP contribution in [-0.4, -0.2) is 13.2 Å². The molecule has 1 N–H and O–H groups in total. The van der Waals surface area contributed by atoms with Crippen LogP contribution in [0.2, 0.25) is 0 Å². The maximum atomic E-state index is 12.2. The number of nitrogens with one attached hydrogen (secondary N) is 1. The number of aryl methyl sites for hydroxylation is 2. The Morgan fingerprint density at radius 1 is 1.07 bits per heavy atom. The Morgan fingerprint density at radius 2 is 1.90 bits per heavy atom. The Hall–Kier alpha value is -3.74. The molecular weight excluding hydrogens is 374 g/mol. The fourth-order valence-electron chi connectivity index (χ4n) is 3.23. The highest BCUT2D eigenvalue weighted by molar-refractivity contribution is 5.90. The number of carbonyl (C=O) groups excluding carboxylic acids is 1. The maximum absolute atomic E-state index is 12.2. The van der Waals surface area contributed by atoms with Crippen LogP contribution < -0.4 is 15.7 Å². The largest absolute Gasteiger partial charge is 0.493 e. The number of rotatable bonds is 4. The normalized spacial score (nSPS) is 11.0. The molecule has 1 amide bonds. The first-order chi connectivity index (χ1) is 13.9. The molecule has 0 bridgehead atoms. The van der Waals surface area contributed by atoms with Gasteiger partial charge in [0.1, 0.15) is 11.3 Å². The van der Waals surface area contributed by atoms with Gasteiger partial charge in [-0.2, -0.15) is 0 Å².